The molecule has 0 bridgehead atoms. The number of rotatable bonds is 6. The number of amides is 2. The maximum atomic E-state index is 13.1. The average molecular weight is 410 g/mol. The van der Waals surface area contributed by atoms with Gasteiger partial charge in [0.05, 0.1) is 12.5 Å². The number of anilines is 1. The molecule has 1 N–H and O–H groups in total. The largest absolute Gasteiger partial charge is 0.497 e. The van der Waals surface area contributed by atoms with Crippen LogP contribution in [0.5, 0.6) is 5.75 Å². The van der Waals surface area contributed by atoms with Gasteiger partial charge in [0.25, 0.3) is 5.91 Å². The Morgan fingerprint density at radius 3 is 2.37 bits per heavy atom. The van der Waals surface area contributed by atoms with Gasteiger partial charge in [-0.25, -0.2) is 0 Å². The van der Waals surface area contributed by atoms with Crippen molar-refractivity contribution in [1.29, 1.82) is 0 Å². The Hall–Kier alpha value is -3.35. The van der Waals surface area contributed by atoms with Crippen LogP contribution >= 0.6 is 0 Å². The van der Waals surface area contributed by atoms with E-state index in [0.29, 0.717) is 37.4 Å². The third-order valence-corrected chi connectivity index (χ3v) is 5.47. The van der Waals surface area contributed by atoms with E-state index >= 15 is 0 Å². The van der Waals surface area contributed by atoms with Crippen molar-refractivity contribution in [2.75, 3.05) is 32.1 Å². The lowest BCUT2D eigenvalue weighted by Gasteiger charge is -2.40. The summed E-state index contributed by atoms with van der Waals surface area (Å²) in [5, 5.41) is 2.70. The van der Waals surface area contributed by atoms with E-state index in [1.54, 1.807) is 36.3 Å². The number of carbonyl (C=O) groups excluding carboxylic acids is 3. The Bertz CT molecular complexity index is 905. The first-order valence-electron chi connectivity index (χ1n) is 9.87. The minimum absolute atomic E-state index is 0.0114. The van der Waals surface area contributed by atoms with Crippen LogP contribution in [-0.2, 0) is 24.5 Å². The summed E-state index contributed by atoms with van der Waals surface area (Å²) in [4.78, 5) is 38.9. The van der Waals surface area contributed by atoms with Crippen molar-refractivity contribution in [2.45, 2.75) is 25.2 Å². The Morgan fingerprint density at radius 2 is 1.73 bits per heavy atom. The van der Waals surface area contributed by atoms with Crippen LogP contribution in [0, 0.1) is 0 Å². The lowest BCUT2D eigenvalue weighted by atomic mass is 9.72. The topological polar surface area (TPSA) is 84.9 Å². The lowest BCUT2D eigenvalue weighted by molar-refractivity contribution is -0.156. The van der Waals surface area contributed by atoms with Crippen molar-refractivity contribution >= 4 is 23.5 Å². The van der Waals surface area contributed by atoms with Crippen LogP contribution in [0.4, 0.5) is 5.69 Å². The lowest BCUT2D eigenvalue weighted by Crippen LogP contribution is -2.49. The highest BCUT2D eigenvalue weighted by Crippen LogP contribution is 2.37. The van der Waals surface area contributed by atoms with Gasteiger partial charge in [-0.15, -0.1) is 0 Å². The first-order chi connectivity index (χ1) is 14.4. The maximum absolute atomic E-state index is 13.1. The molecule has 2 aromatic rings. The molecule has 1 saturated heterocycles. The van der Waals surface area contributed by atoms with Gasteiger partial charge in [-0.05, 0) is 30.5 Å². The predicted octanol–water partition coefficient (Wildman–Crippen LogP) is 2.76. The number of benzene rings is 2. The third-order valence-electron chi connectivity index (χ3n) is 5.47. The van der Waals surface area contributed by atoms with Gasteiger partial charge in [-0.1, -0.05) is 36.4 Å². The molecule has 7 nitrogen and oxygen atoms in total. The first-order valence-corrected chi connectivity index (χ1v) is 9.87. The second-order valence-corrected chi connectivity index (χ2v) is 7.31. The maximum Gasteiger partial charge on any atom is 0.317 e. The van der Waals surface area contributed by atoms with Crippen LogP contribution in [0.2, 0.25) is 0 Å². The predicted molar refractivity (Wildman–Crippen MR) is 112 cm³/mol. The van der Waals surface area contributed by atoms with E-state index in [-0.39, 0.29) is 12.5 Å². The number of likely N-dealkylation sites (tertiary alicyclic amines) is 1. The molecule has 30 heavy (non-hydrogen) atoms. The van der Waals surface area contributed by atoms with Crippen LogP contribution in [0.15, 0.2) is 54.6 Å². The van der Waals surface area contributed by atoms with Gasteiger partial charge in [-0.2, -0.15) is 0 Å². The number of esters is 1. The fourth-order valence-corrected chi connectivity index (χ4v) is 3.74. The molecule has 0 aliphatic carbocycles. The van der Waals surface area contributed by atoms with Crippen molar-refractivity contribution < 1.29 is 23.9 Å². The number of hydrogen-bond acceptors (Lipinski definition) is 5. The zero-order valence-corrected chi connectivity index (χ0v) is 17.2. The molecule has 1 heterocycles. The minimum Gasteiger partial charge on any atom is -0.497 e. The summed E-state index contributed by atoms with van der Waals surface area (Å²) in [5.74, 6) is -0.272. The van der Waals surface area contributed by atoms with E-state index in [0.717, 1.165) is 5.56 Å². The van der Waals surface area contributed by atoms with Gasteiger partial charge >= 0.3 is 5.97 Å². The molecular formula is C23H26N2O5. The summed E-state index contributed by atoms with van der Waals surface area (Å²) < 4.78 is 10.6. The average Bonchev–Trinajstić information content (AvgIpc) is 2.78. The molecule has 1 aliphatic rings. The van der Waals surface area contributed by atoms with Crippen LogP contribution in [0.25, 0.3) is 0 Å². The van der Waals surface area contributed by atoms with Crippen molar-refractivity contribution in [3.8, 4) is 5.75 Å². The molecule has 1 fully saturated rings. The minimum atomic E-state index is -0.872. The highest BCUT2D eigenvalue weighted by Gasteiger charge is 2.44. The Morgan fingerprint density at radius 1 is 1.03 bits per heavy atom. The van der Waals surface area contributed by atoms with Crippen molar-refractivity contribution in [3.63, 3.8) is 0 Å². The van der Waals surface area contributed by atoms with Gasteiger partial charge < -0.3 is 19.7 Å². The summed E-state index contributed by atoms with van der Waals surface area (Å²) in [6.07, 6.45) is 0.903. The molecule has 2 amide bonds. The van der Waals surface area contributed by atoms with E-state index in [1.165, 1.54) is 6.92 Å². The number of carbonyl (C=O) groups is 3. The van der Waals surface area contributed by atoms with E-state index in [2.05, 4.69) is 5.32 Å². The SMILES string of the molecule is COc1cccc(NC(=O)COC(=O)C2(c3ccccc3)CCN(C(C)=O)CC2)c1. The molecule has 1 aliphatic heterocycles. The monoisotopic (exact) mass is 410 g/mol. The highest BCUT2D eigenvalue weighted by atomic mass is 16.5. The quantitative estimate of drug-likeness (QED) is 0.741. The summed E-state index contributed by atoms with van der Waals surface area (Å²) >= 11 is 0. The molecule has 0 atom stereocenters. The molecule has 0 aromatic heterocycles. The molecule has 7 heteroatoms. The summed E-state index contributed by atoms with van der Waals surface area (Å²) in [6, 6.07) is 16.3. The van der Waals surface area contributed by atoms with Crippen LogP contribution in [0.3, 0.4) is 0 Å². The molecular weight excluding hydrogens is 384 g/mol. The Balaban J connectivity index is 1.68. The molecule has 3 rings (SSSR count). The van der Waals surface area contributed by atoms with E-state index in [4.69, 9.17) is 9.47 Å². The molecule has 0 spiro atoms. The second kappa shape index (κ2) is 9.43. The van der Waals surface area contributed by atoms with Crippen LogP contribution < -0.4 is 10.1 Å². The van der Waals surface area contributed by atoms with Crippen molar-refractivity contribution in [3.05, 3.63) is 60.2 Å². The van der Waals surface area contributed by atoms with E-state index in [1.807, 2.05) is 30.3 Å². The van der Waals surface area contributed by atoms with E-state index in [9.17, 15) is 14.4 Å². The fraction of sp³-hybridized carbons (Fsp3) is 0.348. The summed E-state index contributed by atoms with van der Waals surface area (Å²) in [5.41, 5.74) is 0.526. The Labute approximate surface area is 176 Å². The third kappa shape index (κ3) is 4.79. The summed E-state index contributed by atoms with van der Waals surface area (Å²) in [7, 11) is 1.54. The number of nitrogens with zero attached hydrogens (tertiary/aromatic N) is 1. The molecule has 158 valence electrons. The molecule has 0 radical (unpaired) electrons. The van der Waals surface area contributed by atoms with Gasteiger partial charge in [0.15, 0.2) is 6.61 Å². The van der Waals surface area contributed by atoms with Crippen molar-refractivity contribution in [2.24, 2.45) is 0 Å². The zero-order valence-electron chi connectivity index (χ0n) is 17.2. The zero-order chi connectivity index (χ0) is 21.6. The molecule has 2 aromatic carbocycles. The molecule has 0 saturated carbocycles. The number of nitrogens with one attached hydrogen (secondary N) is 1. The smallest absolute Gasteiger partial charge is 0.317 e. The first kappa shape index (κ1) is 21.4. The second-order valence-electron chi connectivity index (χ2n) is 7.31. The number of methoxy groups -OCH3 is 1. The van der Waals surface area contributed by atoms with Gasteiger partial charge in [0.2, 0.25) is 5.91 Å². The number of piperidine rings is 1. The highest BCUT2D eigenvalue weighted by molar-refractivity contribution is 5.94. The fourth-order valence-electron chi connectivity index (χ4n) is 3.74. The number of hydrogen-bond donors (Lipinski definition) is 1. The Kier molecular flexibility index (Phi) is 6.72. The normalized spacial score (nSPS) is 15.2. The van der Waals surface area contributed by atoms with Crippen LogP contribution in [0.1, 0.15) is 25.3 Å². The van der Waals surface area contributed by atoms with Gasteiger partial charge in [0, 0.05) is 31.8 Å². The molecule has 0 unspecified atom stereocenters. The van der Waals surface area contributed by atoms with Crippen molar-refractivity contribution in [1.82, 2.24) is 4.90 Å². The van der Waals surface area contributed by atoms with Crippen LogP contribution in [-0.4, -0.2) is 49.5 Å². The van der Waals surface area contributed by atoms with E-state index < -0.39 is 17.3 Å². The number of ether oxygens (including phenoxy) is 2. The van der Waals surface area contributed by atoms with Gasteiger partial charge in [-0.3, -0.25) is 14.4 Å². The van der Waals surface area contributed by atoms with Gasteiger partial charge in [0.1, 0.15) is 5.75 Å². The summed E-state index contributed by atoms with van der Waals surface area (Å²) in [6.45, 7) is 2.07. The standard InChI is InChI=1S/C23H26N2O5/c1-17(26)25-13-11-23(12-14-25,18-7-4-3-5-8-18)22(28)30-16-21(27)24-19-9-6-10-20(15-19)29-2/h3-10,15H,11-14,16H2,1-2H3,(H,24,27).